The van der Waals surface area contributed by atoms with E-state index in [4.69, 9.17) is 9.72 Å². The van der Waals surface area contributed by atoms with E-state index >= 15 is 0 Å². The van der Waals surface area contributed by atoms with E-state index < -0.39 is 23.7 Å². The maximum absolute atomic E-state index is 14.6. The van der Waals surface area contributed by atoms with Gasteiger partial charge in [-0.05, 0) is 37.9 Å². The second-order valence-electron chi connectivity index (χ2n) is 9.11. The van der Waals surface area contributed by atoms with Crippen LogP contribution >= 0.6 is 11.3 Å². The lowest BCUT2D eigenvalue weighted by Crippen LogP contribution is -2.32. The molecule has 0 amide bonds. The van der Waals surface area contributed by atoms with Crippen LogP contribution in [0.5, 0.6) is 5.75 Å². The molecule has 3 aromatic rings. The highest BCUT2D eigenvalue weighted by Crippen LogP contribution is 2.37. The average molecular weight is 553 g/mol. The maximum atomic E-state index is 14.6. The molecule has 0 bridgehead atoms. The third-order valence-corrected chi connectivity index (χ3v) is 7.73. The second kappa shape index (κ2) is 10.8. The van der Waals surface area contributed by atoms with E-state index in [1.807, 2.05) is 0 Å². The zero-order valence-electron chi connectivity index (χ0n) is 20.0. The monoisotopic (exact) mass is 552 g/mol. The lowest BCUT2D eigenvalue weighted by Gasteiger charge is -2.22. The van der Waals surface area contributed by atoms with Crippen molar-refractivity contribution < 1.29 is 31.9 Å². The number of aliphatic hydroxyl groups is 1. The Bertz CT molecular complexity index is 1410. The Morgan fingerprint density at radius 3 is 2.82 bits per heavy atom. The molecule has 2 aromatic heterocycles. The molecular weight excluding hydrogens is 528 g/mol. The van der Waals surface area contributed by atoms with Gasteiger partial charge < -0.3 is 9.84 Å². The first-order valence-electron chi connectivity index (χ1n) is 12.0. The van der Waals surface area contributed by atoms with Gasteiger partial charge in [0, 0.05) is 24.2 Å². The zero-order valence-corrected chi connectivity index (χ0v) is 20.8. The molecule has 0 saturated carbocycles. The number of ether oxygens (including phenoxy) is 1. The van der Waals surface area contributed by atoms with E-state index in [9.17, 15) is 27.5 Å². The van der Waals surface area contributed by atoms with Crippen LogP contribution in [0.2, 0.25) is 0 Å². The van der Waals surface area contributed by atoms with Crippen LogP contribution in [-0.4, -0.2) is 50.5 Å². The van der Waals surface area contributed by atoms with E-state index in [-0.39, 0.29) is 42.8 Å². The molecule has 3 heterocycles. The van der Waals surface area contributed by atoms with Crippen molar-refractivity contribution in [3.8, 4) is 17.1 Å². The van der Waals surface area contributed by atoms with E-state index in [2.05, 4.69) is 19.6 Å². The van der Waals surface area contributed by atoms with Crippen LogP contribution in [-0.2, 0) is 13.2 Å². The van der Waals surface area contributed by atoms with E-state index in [0.29, 0.717) is 22.8 Å². The van der Waals surface area contributed by atoms with Gasteiger partial charge in [0.15, 0.2) is 5.82 Å². The van der Waals surface area contributed by atoms with Gasteiger partial charge in [-0.2, -0.15) is 13.2 Å². The average Bonchev–Trinajstić information content (AvgIpc) is 3.63. The molecule has 1 aliphatic heterocycles. The highest BCUT2D eigenvalue weighted by molar-refractivity contribution is 7.12. The molecule has 202 valence electrons. The summed E-state index contributed by atoms with van der Waals surface area (Å²) in [6.07, 6.45) is 1.51. The number of hydrogen-bond donors (Lipinski definition) is 2. The molecule has 2 unspecified atom stereocenters. The van der Waals surface area contributed by atoms with E-state index in [1.54, 1.807) is 6.08 Å². The molecule has 2 N–H and O–H groups in total. The largest absolute Gasteiger partial charge is 0.488 e. The highest BCUT2D eigenvalue weighted by atomic mass is 32.1. The van der Waals surface area contributed by atoms with Crippen LogP contribution < -0.4 is 10.5 Å². The van der Waals surface area contributed by atoms with E-state index in [0.717, 1.165) is 36.4 Å². The van der Waals surface area contributed by atoms with Crippen molar-refractivity contribution in [2.75, 3.05) is 13.2 Å². The summed E-state index contributed by atoms with van der Waals surface area (Å²) in [4.78, 5) is 21.1. The number of aliphatic hydroxyl groups excluding tert-OH is 1. The fourth-order valence-electron chi connectivity index (χ4n) is 4.54. The van der Waals surface area contributed by atoms with Crippen molar-refractivity contribution >= 4 is 16.9 Å². The third-order valence-electron chi connectivity index (χ3n) is 6.61. The predicted octanol–water partition coefficient (Wildman–Crippen LogP) is 4.68. The number of aromatic amines is 1. The van der Waals surface area contributed by atoms with Gasteiger partial charge in [-0.15, -0.1) is 11.3 Å². The summed E-state index contributed by atoms with van der Waals surface area (Å²) in [5, 5.41) is 13.8. The number of aromatic nitrogens is 3. The summed E-state index contributed by atoms with van der Waals surface area (Å²) in [5.41, 5.74) is 1.36. The number of halogens is 4. The van der Waals surface area contributed by atoms with E-state index in [1.165, 1.54) is 29.5 Å². The molecule has 2 atom stereocenters. The molecule has 0 spiro atoms. The summed E-state index contributed by atoms with van der Waals surface area (Å²) < 4.78 is 64.1. The first kappa shape index (κ1) is 26.3. The van der Waals surface area contributed by atoms with Gasteiger partial charge in [-0.25, -0.2) is 14.2 Å². The molecule has 1 aliphatic carbocycles. The Hall–Kier alpha value is -3.29. The minimum Gasteiger partial charge on any atom is -0.488 e. The van der Waals surface area contributed by atoms with Crippen LogP contribution in [0.3, 0.4) is 0 Å². The Morgan fingerprint density at radius 2 is 2.16 bits per heavy atom. The van der Waals surface area contributed by atoms with Crippen molar-refractivity contribution in [1.29, 1.82) is 0 Å². The molecule has 1 aromatic carbocycles. The minimum atomic E-state index is -4.30. The lowest BCUT2D eigenvalue weighted by molar-refractivity contribution is -0.160. The van der Waals surface area contributed by atoms with Crippen LogP contribution in [0.25, 0.3) is 17.0 Å². The summed E-state index contributed by atoms with van der Waals surface area (Å²) in [6.45, 7) is 1.34. The van der Waals surface area contributed by atoms with Crippen LogP contribution in [0.1, 0.15) is 34.8 Å². The number of nitrogens with one attached hydrogen (secondary N) is 1. The highest BCUT2D eigenvalue weighted by Gasteiger charge is 2.38. The third kappa shape index (κ3) is 5.74. The minimum absolute atomic E-state index is 0.0138. The van der Waals surface area contributed by atoms with Gasteiger partial charge in [0.25, 0.3) is 0 Å². The zero-order chi connectivity index (χ0) is 26.9. The van der Waals surface area contributed by atoms with Crippen molar-refractivity contribution in [2.45, 2.75) is 44.6 Å². The van der Waals surface area contributed by atoms with Crippen molar-refractivity contribution in [2.24, 2.45) is 5.92 Å². The second-order valence-corrected chi connectivity index (χ2v) is 10.2. The first-order chi connectivity index (χ1) is 18.2. The van der Waals surface area contributed by atoms with Gasteiger partial charge in [0.2, 0.25) is 0 Å². The van der Waals surface area contributed by atoms with Crippen LogP contribution in [0, 0.1) is 11.7 Å². The Balaban J connectivity index is 1.36. The molecular formula is C25H24F4N4O4S. The lowest BCUT2D eigenvalue weighted by atomic mass is 9.96. The summed E-state index contributed by atoms with van der Waals surface area (Å²) >= 11 is 1.31. The SMILES string of the molecule is O=c1[nH]c(-c2ccc(OCc3sc(C4=CCC(C(F)(F)F)C=C4)nc3CN3CCCC3CO)cc2F)no1. The molecule has 38 heavy (non-hydrogen) atoms. The molecule has 1 fully saturated rings. The number of alkyl halides is 3. The van der Waals surface area contributed by atoms with Gasteiger partial charge in [-0.1, -0.05) is 23.4 Å². The standard InChI is InChI=1S/C25H24F4N4O4S/c26-19-10-17(7-8-18(19)22-31-24(35)37-32-22)36-13-21-20(11-33-9-1-2-16(33)12-34)30-23(38-21)14-3-5-15(6-4-14)25(27,28)29/h3-5,7-8,10,15-16,34H,1-2,6,9,11-13H2,(H,31,32,35). The molecule has 13 heteroatoms. The fraction of sp³-hybridized carbons (Fsp3) is 0.400. The molecule has 5 rings (SSSR count). The van der Waals surface area contributed by atoms with Crippen molar-refractivity contribution in [3.63, 3.8) is 0 Å². The molecule has 8 nitrogen and oxygen atoms in total. The molecule has 0 radical (unpaired) electrons. The maximum Gasteiger partial charge on any atom is 0.439 e. The number of rotatable bonds is 8. The normalized spacial score (nSPS) is 20.2. The Morgan fingerprint density at radius 1 is 1.32 bits per heavy atom. The first-order valence-corrected chi connectivity index (χ1v) is 12.8. The number of hydrogen-bond acceptors (Lipinski definition) is 8. The van der Waals surface area contributed by atoms with Crippen LogP contribution in [0.4, 0.5) is 17.6 Å². The van der Waals surface area contributed by atoms with Gasteiger partial charge >= 0.3 is 11.9 Å². The summed E-state index contributed by atoms with van der Waals surface area (Å²) in [7, 11) is 0. The smallest absolute Gasteiger partial charge is 0.439 e. The Labute approximate surface area is 218 Å². The fourth-order valence-corrected chi connectivity index (χ4v) is 5.54. The van der Waals surface area contributed by atoms with Gasteiger partial charge in [0.05, 0.1) is 28.7 Å². The number of likely N-dealkylation sites (tertiary alicyclic amines) is 1. The number of H-pyrrole nitrogens is 1. The number of allylic oxidation sites excluding steroid dienone is 4. The van der Waals surface area contributed by atoms with Gasteiger partial charge in [0.1, 0.15) is 23.2 Å². The summed E-state index contributed by atoms with van der Waals surface area (Å²) in [6, 6.07) is 4.11. The summed E-state index contributed by atoms with van der Waals surface area (Å²) in [5.74, 6) is -2.80. The number of benzene rings is 1. The topological polar surface area (TPSA) is 104 Å². The van der Waals surface area contributed by atoms with Crippen molar-refractivity contribution in [1.82, 2.24) is 20.0 Å². The predicted molar refractivity (Wildman–Crippen MR) is 131 cm³/mol. The number of nitrogens with zero attached hydrogens (tertiary/aromatic N) is 3. The van der Waals surface area contributed by atoms with Crippen molar-refractivity contribution in [3.05, 3.63) is 68.4 Å². The molecule has 2 aliphatic rings. The number of thiazole rings is 1. The van der Waals surface area contributed by atoms with Crippen LogP contribution in [0.15, 0.2) is 45.7 Å². The quantitative estimate of drug-likeness (QED) is 0.391. The van der Waals surface area contributed by atoms with Gasteiger partial charge in [-0.3, -0.25) is 14.4 Å². The molecule has 1 saturated heterocycles. The Kier molecular flexibility index (Phi) is 7.50.